The highest BCUT2D eigenvalue weighted by molar-refractivity contribution is 7.99. The number of aromatic nitrogens is 3. The molecule has 0 aliphatic carbocycles. The van der Waals surface area contributed by atoms with Gasteiger partial charge in [0.2, 0.25) is 5.91 Å². The summed E-state index contributed by atoms with van der Waals surface area (Å²) >= 11 is 1.33. The molecule has 0 saturated carbocycles. The number of benzene rings is 2. The second kappa shape index (κ2) is 10.4. The molecule has 0 bridgehead atoms. The molecule has 1 aromatic heterocycles. The van der Waals surface area contributed by atoms with E-state index in [0.717, 1.165) is 25.0 Å². The van der Waals surface area contributed by atoms with Gasteiger partial charge in [0, 0.05) is 37.0 Å². The zero-order chi connectivity index (χ0) is 22.3. The number of anilines is 1. The number of carbonyl (C=O) groups is 2. The SMILES string of the molecule is Cn1c(SCC(=O)NC[C@@H]2CCCO2)nnc1-c1cccc(NC(=O)c2ccccc2)c1. The molecule has 2 heterocycles. The number of hydrogen-bond donors (Lipinski definition) is 2. The molecule has 0 spiro atoms. The summed E-state index contributed by atoms with van der Waals surface area (Å²) in [6.45, 7) is 1.32. The van der Waals surface area contributed by atoms with Crippen molar-refractivity contribution in [1.82, 2.24) is 20.1 Å². The van der Waals surface area contributed by atoms with Crippen LogP contribution in [0.25, 0.3) is 11.4 Å². The Morgan fingerprint density at radius 1 is 1.16 bits per heavy atom. The van der Waals surface area contributed by atoms with Gasteiger partial charge in [-0.1, -0.05) is 42.1 Å². The minimum absolute atomic E-state index is 0.0549. The Hall–Kier alpha value is -3.17. The van der Waals surface area contributed by atoms with Crippen LogP contribution in [0.3, 0.4) is 0 Å². The van der Waals surface area contributed by atoms with E-state index >= 15 is 0 Å². The molecule has 1 atom stereocenters. The smallest absolute Gasteiger partial charge is 0.255 e. The number of nitrogens with zero attached hydrogens (tertiary/aromatic N) is 3. The van der Waals surface area contributed by atoms with Gasteiger partial charge in [-0.2, -0.15) is 0 Å². The fourth-order valence-electron chi connectivity index (χ4n) is 3.43. The molecule has 1 fully saturated rings. The molecule has 2 amide bonds. The van der Waals surface area contributed by atoms with Gasteiger partial charge in [0.05, 0.1) is 11.9 Å². The van der Waals surface area contributed by atoms with E-state index in [2.05, 4.69) is 20.8 Å². The summed E-state index contributed by atoms with van der Waals surface area (Å²) in [6.07, 6.45) is 2.17. The van der Waals surface area contributed by atoms with Crippen LogP contribution in [0.1, 0.15) is 23.2 Å². The van der Waals surface area contributed by atoms with E-state index in [-0.39, 0.29) is 23.7 Å². The quantitative estimate of drug-likeness (QED) is 0.511. The highest BCUT2D eigenvalue weighted by Gasteiger charge is 2.17. The summed E-state index contributed by atoms with van der Waals surface area (Å²) in [4.78, 5) is 24.6. The van der Waals surface area contributed by atoms with E-state index in [0.29, 0.717) is 28.8 Å². The average Bonchev–Trinajstić information content (AvgIpc) is 3.47. The standard InChI is InChI=1S/C23H25N5O3S/c1-28-21(26-27-23(28)32-15-20(29)24-14-19-11-6-12-31-19)17-9-5-10-18(13-17)25-22(30)16-7-3-2-4-8-16/h2-5,7-10,13,19H,6,11-12,14-15H2,1H3,(H,24,29)(H,25,30)/t19-/m0/s1. The van der Waals surface area contributed by atoms with Gasteiger partial charge in [0.1, 0.15) is 0 Å². The first kappa shape index (κ1) is 22.0. The van der Waals surface area contributed by atoms with Gasteiger partial charge in [0.25, 0.3) is 5.91 Å². The summed E-state index contributed by atoms with van der Waals surface area (Å²) < 4.78 is 7.37. The van der Waals surface area contributed by atoms with Crippen molar-refractivity contribution in [2.75, 3.05) is 24.2 Å². The Morgan fingerprint density at radius 2 is 2.00 bits per heavy atom. The molecule has 4 rings (SSSR count). The molecule has 9 heteroatoms. The van der Waals surface area contributed by atoms with Gasteiger partial charge in [-0.3, -0.25) is 9.59 Å². The van der Waals surface area contributed by atoms with Crippen molar-refractivity contribution in [3.05, 3.63) is 60.2 Å². The van der Waals surface area contributed by atoms with Crippen LogP contribution in [-0.2, 0) is 16.6 Å². The molecule has 32 heavy (non-hydrogen) atoms. The summed E-state index contributed by atoms with van der Waals surface area (Å²) in [6, 6.07) is 16.5. The van der Waals surface area contributed by atoms with Gasteiger partial charge in [-0.25, -0.2) is 0 Å². The Kier molecular flexibility index (Phi) is 7.18. The predicted octanol–water partition coefficient (Wildman–Crippen LogP) is 3.12. The second-order valence-electron chi connectivity index (χ2n) is 7.49. The van der Waals surface area contributed by atoms with Crippen LogP contribution in [-0.4, -0.2) is 51.6 Å². The normalized spacial score (nSPS) is 15.5. The number of nitrogens with one attached hydrogen (secondary N) is 2. The topological polar surface area (TPSA) is 98.1 Å². The lowest BCUT2D eigenvalue weighted by atomic mass is 10.1. The lowest BCUT2D eigenvalue weighted by Gasteiger charge is -2.10. The molecule has 166 valence electrons. The maximum Gasteiger partial charge on any atom is 0.255 e. The van der Waals surface area contributed by atoms with Crippen LogP contribution in [0.4, 0.5) is 5.69 Å². The van der Waals surface area contributed by atoms with E-state index in [1.54, 1.807) is 12.1 Å². The number of rotatable bonds is 8. The molecular weight excluding hydrogens is 426 g/mol. The largest absolute Gasteiger partial charge is 0.376 e. The predicted molar refractivity (Wildman–Crippen MR) is 124 cm³/mol. The molecule has 2 N–H and O–H groups in total. The number of amides is 2. The number of thioether (sulfide) groups is 1. The molecule has 1 aliphatic rings. The molecule has 0 radical (unpaired) electrons. The van der Waals surface area contributed by atoms with Gasteiger partial charge < -0.3 is 19.9 Å². The Balaban J connectivity index is 1.36. The lowest BCUT2D eigenvalue weighted by Crippen LogP contribution is -2.32. The maximum atomic E-state index is 12.4. The van der Waals surface area contributed by atoms with Crippen molar-refractivity contribution < 1.29 is 14.3 Å². The van der Waals surface area contributed by atoms with E-state index < -0.39 is 0 Å². The van der Waals surface area contributed by atoms with E-state index in [9.17, 15) is 9.59 Å². The Labute approximate surface area is 190 Å². The molecule has 8 nitrogen and oxygen atoms in total. The third-order valence-corrected chi connectivity index (χ3v) is 6.15. The average molecular weight is 452 g/mol. The van der Waals surface area contributed by atoms with Crippen molar-refractivity contribution in [2.45, 2.75) is 24.1 Å². The van der Waals surface area contributed by atoms with Crippen molar-refractivity contribution in [3.63, 3.8) is 0 Å². The van der Waals surface area contributed by atoms with Gasteiger partial charge in [-0.15, -0.1) is 10.2 Å². The van der Waals surface area contributed by atoms with Crippen molar-refractivity contribution in [2.24, 2.45) is 7.05 Å². The van der Waals surface area contributed by atoms with Crippen molar-refractivity contribution >= 4 is 29.3 Å². The monoisotopic (exact) mass is 451 g/mol. The number of ether oxygens (including phenoxy) is 1. The summed E-state index contributed by atoms with van der Waals surface area (Å²) in [5, 5.41) is 15.0. The molecule has 1 saturated heterocycles. The first-order chi connectivity index (χ1) is 15.6. The number of carbonyl (C=O) groups excluding carboxylic acids is 2. The lowest BCUT2D eigenvalue weighted by molar-refractivity contribution is -0.119. The molecular formula is C23H25N5O3S. The van der Waals surface area contributed by atoms with Gasteiger partial charge in [-0.05, 0) is 37.1 Å². The van der Waals surface area contributed by atoms with Crippen LogP contribution < -0.4 is 10.6 Å². The van der Waals surface area contributed by atoms with Crippen LogP contribution in [0.15, 0.2) is 59.8 Å². The zero-order valence-electron chi connectivity index (χ0n) is 17.8. The molecule has 0 unspecified atom stereocenters. The summed E-state index contributed by atoms with van der Waals surface area (Å²) in [7, 11) is 1.86. The fraction of sp³-hybridized carbons (Fsp3) is 0.304. The van der Waals surface area contributed by atoms with E-state index in [1.165, 1.54) is 11.8 Å². The molecule has 2 aromatic carbocycles. The minimum atomic E-state index is -0.175. The highest BCUT2D eigenvalue weighted by atomic mass is 32.2. The van der Waals surface area contributed by atoms with Crippen LogP contribution in [0, 0.1) is 0 Å². The summed E-state index contributed by atoms with van der Waals surface area (Å²) in [5.41, 5.74) is 2.08. The van der Waals surface area contributed by atoms with Gasteiger partial charge >= 0.3 is 0 Å². The highest BCUT2D eigenvalue weighted by Crippen LogP contribution is 2.25. The van der Waals surface area contributed by atoms with Gasteiger partial charge in [0.15, 0.2) is 11.0 Å². The zero-order valence-corrected chi connectivity index (χ0v) is 18.6. The fourth-order valence-corrected chi connectivity index (χ4v) is 4.18. The first-order valence-electron chi connectivity index (χ1n) is 10.5. The molecule has 1 aliphatic heterocycles. The number of hydrogen-bond acceptors (Lipinski definition) is 6. The third-order valence-electron chi connectivity index (χ3n) is 5.13. The second-order valence-corrected chi connectivity index (χ2v) is 8.44. The van der Waals surface area contributed by atoms with Crippen LogP contribution in [0.5, 0.6) is 0 Å². The minimum Gasteiger partial charge on any atom is -0.376 e. The first-order valence-corrected chi connectivity index (χ1v) is 11.5. The molecule has 3 aromatic rings. The Morgan fingerprint density at radius 3 is 2.78 bits per heavy atom. The van der Waals surface area contributed by atoms with Crippen molar-refractivity contribution in [3.8, 4) is 11.4 Å². The van der Waals surface area contributed by atoms with Crippen LogP contribution >= 0.6 is 11.8 Å². The van der Waals surface area contributed by atoms with Crippen molar-refractivity contribution in [1.29, 1.82) is 0 Å². The Bertz CT molecular complexity index is 1080. The summed E-state index contributed by atoms with van der Waals surface area (Å²) in [5.74, 6) is 0.681. The van der Waals surface area contributed by atoms with E-state index in [4.69, 9.17) is 4.74 Å². The van der Waals surface area contributed by atoms with E-state index in [1.807, 2.05) is 54.1 Å². The maximum absolute atomic E-state index is 12.4. The third kappa shape index (κ3) is 5.54. The van der Waals surface area contributed by atoms with Crippen LogP contribution in [0.2, 0.25) is 0 Å².